The van der Waals surface area contributed by atoms with E-state index in [0.717, 1.165) is 29.9 Å². The Morgan fingerprint density at radius 1 is 1.05 bits per heavy atom. The highest BCUT2D eigenvalue weighted by atomic mass is 19.4. The van der Waals surface area contributed by atoms with Gasteiger partial charge in [-0.05, 0) is 24.3 Å². The molecule has 0 spiro atoms. The fraction of sp³-hybridized carbons (Fsp3) is 0.370. The third kappa shape index (κ3) is 6.82. The molecule has 220 valence electrons. The van der Waals surface area contributed by atoms with Gasteiger partial charge in [-0.1, -0.05) is 18.8 Å². The first-order valence-corrected chi connectivity index (χ1v) is 12.9. The first-order valence-electron chi connectivity index (χ1n) is 12.9. The average Bonchev–Trinajstić information content (AvgIpc) is 3.63. The average molecular weight is 588 g/mol. The summed E-state index contributed by atoms with van der Waals surface area (Å²) in [7, 11) is 0. The van der Waals surface area contributed by atoms with E-state index >= 15 is 0 Å². The monoisotopic (exact) mass is 587 g/mol. The molecule has 0 bridgehead atoms. The number of piperidine rings is 1. The number of rotatable bonds is 7. The summed E-state index contributed by atoms with van der Waals surface area (Å²) < 4.78 is 65.2. The second-order valence-corrected chi connectivity index (χ2v) is 10.2. The standard InChI is InChI=1S/C27H26F5N9O/c1-26(17-42)5-8-39(9-6-26)21-10-24(34-12-19(21)3-2-18-11-36-41(14-18)27(30,31)32)37-23-4-7-33-25(38-23)20-13-35-40(15-20)16-22(28)29/h4,7,10-15,22,42H,5-6,8-9,16-17H2,1H3,(H,33,34,37,38). The van der Waals surface area contributed by atoms with Crippen molar-refractivity contribution < 1.29 is 27.1 Å². The molecule has 15 heteroatoms. The van der Waals surface area contributed by atoms with Crippen molar-refractivity contribution in [3.05, 3.63) is 60.4 Å². The molecule has 0 amide bonds. The summed E-state index contributed by atoms with van der Waals surface area (Å²) in [5.41, 5.74) is 1.57. The number of hydrogen-bond acceptors (Lipinski definition) is 8. The molecule has 2 N–H and O–H groups in total. The van der Waals surface area contributed by atoms with Gasteiger partial charge in [0.2, 0.25) is 0 Å². The van der Waals surface area contributed by atoms with Crippen LogP contribution in [0, 0.1) is 17.3 Å². The molecule has 0 unspecified atom stereocenters. The van der Waals surface area contributed by atoms with E-state index in [-0.39, 0.29) is 28.1 Å². The van der Waals surface area contributed by atoms with Crippen LogP contribution in [0.15, 0.2) is 49.3 Å². The van der Waals surface area contributed by atoms with Gasteiger partial charge in [0.05, 0.1) is 34.8 Å². The minimum atomic E-state index is -4.64. The second-order valence-electron chi connectivity index (χ2n) is 10.2. The van der Waals surface area contributed by atoms with Gasteiger partial charge in [0.25, 0.3) is 6.43 Å². The van der Waals surface area contributed by atoms with Crippen molar-refractivity contribution in [2.45, 2.75) is 39.0 Å². The highest BCUT2D eigenvalue weighted by Crippen LogP contribution is 2.34. The quantitative estimate of drug-likeness (QED) is 0.242. The van der Waals surface area contributed by atoms with Gasteiger partial charge in [0.1, 0.15) is 18.2 Å². The summed E-state index contributed by atoms with van der Waals surface area (Å²) in [6.07, 6.45) is 2.00. The van der Waals surface area contributed by atoms with Crippen LogP contribution in [-0.4, -0.2) is 65.7 Å². The molecular weight excluding hydrogens is 561 g/mol. The zero-order valence-corrected chi connectivity index (χ0v) is 22.4. The molecular formula is C27H26F5N9O. The lowest BCUT2D eigenvalue weighted by Crippen LogP contribution is -2.40. The minimum Gasteiger partial charge on any atom is -0.396 e. The summed E-state index contributed by atoms with van der Waals surface area (Å²) in [4.78, 5) is 15.2. The lowest BCUT2D eigenvalue weighted by molar-refractivity contribution is -0.212. The van der Waals surface area contributed by atoms with E-state index in [1.807, 2.05) is 6.92 Å². The fourth-order valence-electron chi connectivity index (χ4n) is 4.40. The Balaban J connectivity index is 1.42. The Hall–Kier alpha value is -4.58. The van der Waals surface area contributed by atoms with Gasteiger partial charge in [-0.3, -0.25) is 4.68 Å². The van der Waals surface area contributed by atoms with Crippen molar-refractivity contribution in [3.63, 3.8) is 0 Å². The number of hydrogen-bond donors (Lipinski definition) is 2. The van der Waals surface area contributed by atoms with Crippen molar-refractivity contribution in [1.29, 1.82) is 0 Å². The molecule has 0 radical (unpaired) electrons. The van der Waals surface area contributed by atoms with Gasteiger partial charge < -0.3 is 15.3 Å². The van der Waals surface area contributed by atoms with E-state index < -0.39 is 19.3 Å². The third-order valence-electron chi connectivity index (χ3n) is 6.89. The molecule has 0 saturated carbocycles. The summed E-state index contributed by atoms with van der Waals surface area (Å²) in [6, 6.07) is 3.39. The van der Waals surface area contributed by atoms with Gasteiger partial charge in [0, 0.05) is 50.6 Å². The van der Waals surface area contributed by atoms with Crippen molar-refractivity contribution in [2.24, 2.45) is 5.41 Å². The smallest absolute Gasteiger partial charge is 0.396 e. The fourth-order valence-corrected chi connectivity index (χ4v) is 4.40. The van der Waals surface area contributed by atoms with Crippen molar-refractivity contribution in [2.75, 3.05) is 29.9 Å². The number of aromatic nitrogens is 7. The van der Waals surface area contributed by atoms with E-state index in [1.54, 1.807) is 12.1 Å². The Labute approximate surface area is 237 Å². The number of aliphatic hydroxyl groups excluding tert-OH is 1. The number of nitrogens with zero attached hydrogens (tertiary/aromatic N) is 8. The minimum absolute atomic E-state index is 0.0664. The molecule has 4 aromatic rings. The summed E-state index contributed by atoms with van der Waals surface area (Å²) >= 11 is 0. The third-order valence-corrected chi connectivity index (χ3v) is 6.89. The molecule has 0 atom stereocenters. The highest BCUT2D eigenvalue weighted by Gasteiger charge is 2.32. The van der Waals surface area contributed by atoms with Gasteiger partial charge in [-0.15, -0.1) is 13.2 Å². The number of pyridine rings is 1. The van der Waals surface area contributed by atoms with Crippen LogP contribution in [-0.2, 0) is 12.8 Å². The molecule has 0 aromatic carbocycles. The Kier molecular flexibility index (Phi) is 8.08. The van der Waals surface area contributed by atoms with Crippen molar-refractivity contribution in [3.8, 4) is 23.2 Å². The van der Waals surface area contributed by atoms with Gasteiger partial charge in [0.15, 0.2) is 5.82 Å². The molecule has 5 rings (SSSR count). The van der Waals surface area contributed by atoms with Crippen molar-refractivity contribution >= 4 is 17.3 Å². The van der Waals surface area contributed by atoms with E-state index in [9.17, 15) is 27.1 Å². The van der Waals surface area contributed by atoms with Crippen LogP contribution in [0.3, 0.4) is 0 Å². The Morgan fingerprint density at radius 3 is 2.52 bits per heavy atom. The van der Waals surface area contributed by atoms with Crippen LogP contribution in [0.2, 0.25) is 0 Å². The van der Waals surface area contributed by atoms with E-state index in [4.69, 9.17) is 0 Å². The maximum atomic E-state index is 12.9. The Morgan fingerprint density at radius 2 is 1.83 bits per heavy atom. The largest absolute Gasteiger partial charge is 0.504 e. The highest BCUT2D eigenvalue weighted by molar-refractivity contribution is 5.68. The van der Waals surface area contributed by atoms with Gasteiger partial charge in [-0.25, -0.2) is 23.7 Å². The molecule has 4 aromatic heterocycles. The van der Waals surface area contributed by atoms with E-state index in [2.05, 4.69) is 47.2 Å². The zero-order valence-electron chi connectivity index (χ0n) is 22.4. The van der Waals surface area contributed by atoms with Crippen LogP contribution in [0.4, 0.5) is 39.3 Å². The lowest BCUT2D eigenvalue weighted by Gasteiger charge is -2.39. The SMILES string of the molecule is CC1(CO)CCN(c2cc(Nc3ccnc(-c4cnn(CC(F)F)c4)n3)ncc2C#Cc2cnn(C(F)(F)F)c2)CC1. The first-order chi connectivity index (χ1) is 20.0. The summed E-state index contributed by atoms with van der Waals surface area (Å²) in [6.45, 7) is 2.80. The number of alkyl halides is 5. The molecule has 1 aliphatic rings. The molecule has 42 heavy (non-hydrogen) atoms. The van der Waals surface area contributed by atoms with Gasteiger partial charge >= 0.3 is 6.30 Å². The number of aliphatic hydroxyl groups is 1. The van der Waals surface area contributed by atoms with Crippen LogP contribution in [0.5, 0.6) is 0 Å². The van der Waals surface area contributed by atoms with Crippen molar-refractivity contribution in [1.82, 2.24) is 34.5 Å². The Bertz CT molecular complexity index is 1600. The van der Waals surface area contributed by atoms with Crippen LogP contribution in [0.1, 0.15) is 30.9 Å². The summed E-state index contributed by atoms with van der Waals surface area (Å²) in [5.74, 6) is 6.75. The molecule has 1 aliphatic heterocycles. The number of nitrogens with one attached hydrogen (secondary N) is 1. The summed E-state index contributed by atoms with van der Waals surface area (Å²) in [5, 5.41) is 20.1. The molecule has 10 nitrogen and oxygen atoms in total. The topological polar surface area (TPSA) is 110 Å². The normalized spacial score (nSPS) is 15.0. The molecule has 0 aliphatic carbocycles. The maximum absolute atomic E-state index is 12.9. The van der Waals surface area contributed by atoms with Gasteiger partial charge in [-0.2, -0.15) is 14.9 Å². The van der Waals surface area contributed by atoms with Crippen LogP contribution < -0.4 is 10.2 Å². The lowest BCUT2D eigenvalue weighted by atomic mass is 9.81. The molecule has 1 saturated heterocycles. The maximum Gasteiger partial charge on any atom is 0.504 e. The van der Waals surface area contributed by atoms with Crippen LogP contribution in [0.25, 0.3) is 11.4 Å². The second kappa shape index (κ2) is 11.7. The number of halogens is 5. The zero-order chi connectivity index (χ0) is 29.9. The van der Waals surface area contributed by atoms with E-state index in [1.165, 1.54) is 24.8 Å². The molecule has 5 heterocycles. The first kappa shape index (κ1) is 28.9. The predicted molar refractivity (Wildman–Crippen MR) is 143 cm³/mol. The predicted octanol–water partition coefficient (Wildman–Crippen LogP) is 4.42. The van der Waals surface area contributed by atoms with E-state index in [0.29, 0.717) is 41.5 Å². The number of anilines is 3. The molecule has 1 fully saturated rings. The van der Waals surface area contributed by atoms with Crippen LogP contribution >= 0.6 is 0 Å².